The molecule has 0 aliphatic heterocycles. The second-order valence-electron chi connectivity index (χ2n) is 4.84. The minimum atomic E-state index is 0.180. The Morgan fingerprint density at radius 2 is 2.28 bits per heavy atom. The summed E-state index contributed by atoms with van der Waals surface area (Å²) in [4.78, 5) is 4.38. The van der Waals surface area contributed by atoms with E-state index in [1.807, 2.05) is 6.20 Å². The lowest BCUT2D eigenvalue weighted by Gasteiger charge is -2.27. The van der Waals surface area contributed by atoms with Gasteiger partial charge in [-0.05, 0) is 31.0 Å². The number of aromatic nitrogens is 1. The quantitative estimate of drug-likeness (QED) is 0.895. The zero-order valence-electron chi connectivity index (χ0n) is 10.8. The monoisotopic (exact) mass is 242 g/mol. The van der Waals surface area contributed by atoms with Gasteiger partial charge in [-0.1, -0.05) is 31.2 Å². The minimum Gasteiger partial charge on any atom is -0.443 e. The Bertz CT molecular complexity index is 547. The minimum absolute atomic E-state index is 0.180. The van der Waals surface area contributed by atoms with Crippen LogP contribution < -0.4 is 5.32 Å². The van der Waals surface area contributed by atoms with Gasteiger partial charge >= 0.3 is 0 Å². The van der Waals surface area contributed by atoms with E-state index in [2.05, 4.69) is 48.4 Å². The largest absolute Gasteiger partial charge is 0.443 e. The van der Waals surface area contributed by atoms with Gasteiger partial charge in [0.1, 0.15) is 5.76 Å². The summed E-state index contributed by atoms with van der Waals surface area (Å²) in [6.07, 6.45) is 2.95. The van der Waals surface area contributed by atoms with E-state index in [1.165, 1.54) is 11.1 Å². The molecule has 1 N–H and O–H groups in total. The summed E-state index contributed by atoms with van der Waals surface area (Å²) in [7, 11) is 0. The van der Waals surface area contributed by atoms with Gasteiger partial charge in [-0.2, -0.15) is 0 Å². The van der Waals surface area contributed by atoms with Gasteiger partial charge in [-0.25, -0.2) is 4.98 Å². The summed E-state index contributed by atoms with van der Waals surface area (Å²) in [5.41, 5.74) is 2.82. The lowest BCUT2D eigenvalue weighted by atomic mass is 9.76. The Hall–Kier alpha value is -1.61. The van der Waals surface area contributed by atoms with E-state index in [0.717, 1.165) is 24.6 Å². The second kappa shape index (κ2) is 4.58. The van der Waals surface area contributed by atoms with Crippen molar-refractivity contribution < 1.29 is 4.42 Å². The van der Waals surface area contributed by atoms with Crippen LogP contribution >= 0.6 is 0 Å². The van der Waals surface area contributed by atoms with Crippen LogP contribution in [-0.4, -0.2) is 11.5 Å². The number of benzene rings is 1. The van der Waals surface area contributed by atoms with Crippen molar-refractivity contribution in [1.82, 2.24) is 10.3 Å². The SMILES string of the molecule is CCNC(C)c1ncc(C2Cc3ccccc32)o1. The van der Waals surface area contributed by atoms with Crippen molar-refractivity contribution in [2.45, 2.75) is 32.2 Å². The van der Waals surface area contributed by atoms with E-state index in [0.29, 0.717) is 5.92 Å². The van der Waals surface area contributed by atoms with Gasteiger partial charge in [0, 0.05) is 5.92 Å². The zero-order valence-corrected chi connectivity index (χ0v) is 10.8. The fraction of sp³-hybridized carbons (Fsp3) is 0.400. The van der Waals surface area contributed by atoms with Crippen molar-refractivity contribution in [2.24, 2.45) is 0 Å². The molecular weight excluding hydrogens is 224 g/mol. The van der Waals surface area contributed by atoms with Gasteiger partial charge in [0.05, 0.1) is 12.2 Å². The highest BCUT2D eigenvalue weighted by atomic mass is 16.4. The Morgan fingerprint density at radius 1 is 1.44 bits per heavy atom. The Labute approximate surface area is 107 Å². The highest BCUT2D eigenvalue weighted by Gasteiger charge is 2.30. The predicted octanol–water partition coefficient (Wildman–Crippen LogP) is 3.03. The predicted molar refractivity (Wildman–Crippen MR) is 70.6 cm³/mol. The fourth-order valence-electron chi connectivity index (χ4n) is 2.57. The first-order valence-electron chi connectivity index (χ1n) is 6.56. The van der Waals surface area contributed by atoms with E-state index < -0.39 is 0 Å². The molecule has 0 bridgehead atoms. The summed E-state index contributed by atoms with van der Waals surface area (Å²) >= 11 is 0. The van der Waals surface area contributed by atoms with Crippen LogP contribution in [0.1, 0.15) is 48.6 Å². The van der Waals surface area contributed by atoms with Crippen molar-refractivity contribution in [3.8, 4) is 0 Å². The van der Waals surface area contributed by atoms with Crippen LogP contribution in [-0.2, 0) is 6.42 Å². The molecule has 0 saturated carbocycles. The number of hydrogen-bond acceptors (Lipinski definition) is 3. The van der Waals surface area contributed by atoms with Crippen LogP contribution in [0.25, 0.3) is 0 Å². The summed E-state index contributed by atoms with van der Waals surface area (Å²) in [5.74, 6) is 2.18. The van der Waals surface area contributed by atoms with Gasteiger partial charge < -0.3 is 9.73 Å². The second-order valence-corrected chi connectivity index (χ2v) is 4.84. The van der Waals surface area contributed by atoms with E-state index in [-0.39, 0.29) is 6.04 Å². The van der Waals surface area contributed by atoms with Gasteiger partial charge in [-0.15, -0.1) is 0 Å². The normalized spacial score (nSPS) is 19.1. The fourth-order valence-corrected chi connectivity index (χ4v) is 2.57. The number of oxazole rings is 1. The summed E-state index contributed by atoms with van der Waals surface area (Å²) < 4.78 is 5.89. The zero-order chi connectivity index (χ0) is 12.5. The smallest absolute Gasteiger partial charge is 0.211 e. The molecule has 0 radical (unpaired) electrons. The first-order valence-corrected chi connectivity index (χ1v) is 6.56. The summed E-state index contributed by atoms with van der Waals surface area (Å²) in [6.45, 7) is 5.08. The molecule has 2 atom stereocenters. The maximum Gasteiger partial charge on any atom is 0.211 e. The maximum atomic E-state index is 5.89. The van der Waals surface area contributed by atoms with Gasteiger partial charge in [0.2, 0.25) is 5.89 Å². The molecule has 2 aromatic rings. The van der Waals surface area contributed by atoms with E-state index in [4.69, 9.17) is 4.42 Å². The van der Waals surface area contributed by atoms with Crippen molar-refractivity contribution in [2.75, 3.05) is 6.54 Å². The van der Waals surface area contributed by atoms with Crippen LogP contribution in [0.5, 0.6) is 0 Å². The number of fused-ring (bicyclic) bond motifs is 1. The van der Waals surface area contributed by atoms with Crippen molar-refractivity contribution in [3.05, 3.63) is 53.2 Å². The molecule has 0 amide bonds. The number of nitrogens with zero attached hydrogens (tertiary/aromatic N) is 1. The van der Waals surface area contributed by atoms with E-state index in [1.54, 1.807) is 0 Å². The number of rotatable bonds is 4. The number of hydrogen-bond donors (Lipinski definition) is 1. The van der Waals surface area contributed by atoms with Gasteiger partial charge in [0.15, 0.2) is 0 Å². The highest BCUT2D eigenvalue weighted by molar-refractivity contribution is 5.44. The standard InChI is InChI=1S/C15H18N2O/c1-3-16-10(2)15-17-9-14(18-15)13-8-11-6-4-5-7-12(11)13/h4-7,9-10,13,16H,3,8H2,1-2H3. The van der Waals surface area contributed by atoms with Crippen molar-refractivity contribution >= 4 is 0 Å². The molecule has 1 heterocycles. The van der Waals surface area contributed by atoms with Crippen LogP contribution in [0.15, 0.2) is 34.9 Å². The van der Waals surface area contributed by atoms with Crippen LogP contribution in [0.3, 0.4) is 0 Å². The van der Waals surface area contributed by atoms with E-state index in [9.17, 15) is 0 Å². The van der Waals surface area contributed by atoms with Crippen molar-refractivity contribution in [1.29, 1.82) is 0 Å². The summed E-state index contributed by atoms with van der Waals surface area (Å²) in [6, 6.07) is 8.72. The molecule has 1 aliphatic carbocycles. The molecule has 3 heteroatoms. The molecule has 2 unspecified atom stereocenters. The average molecular weight is 242 g/mol. The third-order valence-electron chi connectivity index (χ3n) is 3.62. The lowest BCUT2D eigenvalue weighted by molar-refractivity contribution is 0.382. The molecule has 1 aliphatic rings. The molecule has 0 fully saturated rings. The Morgan fingerprint density at radius 3 is 3.06 bits per heavy atom. The third-order valence-corrected chi connectivity index (χ3v) is 3.62. The third kappa shape index (κ3) is 1.85. The van der Waals surface area contributed by atoms with E-state index >= 15 is 0 Å². The molecule has 18 heavy (non-hydrogen) atoms. The van der Waals surface area contributed by atoms with Crippen LogP contribution in [0.4, 0.5) is 0 Å². The topological polar surface area (TPSA) is 38.1 Å². The molecule has 1 aromatic carbocycles. The molecule has 0 spiro atoms. The number of nitrogens with one attached hydrogen (secondary N) is 1. The highest BCUT2D eigenvalue weighted by Crippen LogP contribution is 2.40. The van der Waals surface area contributed by atoms with Crippen molar-refractivity contribution in [3.63, 3.8) is 0 Å². The Balaban J connectivity index is 1.80. The molecule has 3 rings (SSSR count). The van der Waals surface area contributed by atoms with Gasteiger partial charge in [0.25, 0.3) is 0 Å². The van der Waals surface area contributed by atoms with Crippen LogP contribution in [0.2, 0.25) is 0 Å². The molecular formula is C15H18N2O. The molecule has 3 nitrogen and oxygen atoms in total. The Kier molecular flexibility index (Phi) is 2.92. The molecule has 0 saturated heterocycles. The first-order chi connectivity index (χ1) is 8.79. The molecule has 94 valence electrons. The van der Waals surface area contributed by atoms with Crippen LogP contribution in [0, 0.1) is 0 Å². The maximum absolute atomic E-state index is 5.89. The first kappa shape index (κ1) is 11.5. The lowest BCUT2D eigenvalue weighted by Crippen LogP contribution is -2.18. The van der Waals surface area contributed by atoms with Gasteiger partial charge in [-0.3, -0.25) is 0 Å². The molecule has 1 aromatic heterocycles. The average Bonchev–Trinajstić information content (AvgIpc) is 2.80. The summed E-state index contributed by atoms with van der Waals surface area (Å²) in [5, 5.41) is 3.31.